The SMILES string of the molecule is CCc1cccc(C)c1Nc1ccc(C(=O)N2CCCCC2)nc1. The molecule has 4 nitrogen and oxygen atoms in total. The third kappa shape index (κ3) is 3.58. The lowest BCUT2D eigenvalue weighted by Crippen LogP contribution is -2.36. The van der Waals surface area contributed by atoms with Gasteiger partial charge < -0.3 is 10.2 Å². The van der Waals surface area contributed by atoms with Gasteiger partial charge in [0.25, 0.3) is 5.91 Å². The molecule has 0 unspecified atom stereocenters. The van der Waals surface area contributed by atoms with Crippen molar-refractivity contribution < 1.29 is 4.79 Å². The van der Waals surface area contributed by atoms with Crippen LogP contribution in [-0.2, 0) is 6.42 Å². The fourth-order valence-corrected chi connectivity index (χ4v) is 3.20. The van der Waals surface area contributed by atoms with Crippen LogP contribution < -0.4 is 5.32 Å². The fourth-order valence-electron chi connectivity index (χ4n) is 3.20. The molecule has 3 rings (SSSR count). The number of hydrogen-bond donors (Lipinski definition) is 1. The molecule has 1 aromatic carbocycles. The van der Waals surface area contributed by atoms with Gasteiger partial charge in [-0.25, -0.2) is 4.98 Å². The molecule has 0 spiro atoms. The van der Waals surface area contributed by atoms with Crippen molar-refractivity contribution in [2.45, 2.75) is 39.5 Å². The molecule has 0 saturated carbocycles. The number of piperidine rings is 1. The van der Waals surface area contributed by atoms with Gasteiger partial charge in [-0.05, 0) is 55.9 Å². The predicted molar refractivity (Wildman–Crippen MR) is 97.8 cm³/mol. The van der Waals surface area contributed by atoms with Crippen LogP contribution in [0.1, 0.15) is 47.8 Å². The van der Waals surface area contributed by atoms with Crippen LogP contribution in [0.3, 0.4) is 0 Å². The highest BCUT2D eigenvalue weighted by Crippen LogP contribution is 2.25. The quantitative estimate of drug-likeness (QED) is 0.911. The molecular weight excluding hydrogens is 298 g/mol. The molecule has 24 heavy (non-hydrogen) atoms. The van der Waals surface area contributed by atoms with Crippen LogP contribution in [0.5, 0.6) is 0 Å². The monoisotopic (exact) mass is 323 g/mol. The Hall–Kier alpha value is -2.36. The van der Waals surface area contributed by atoms with E-state index in [1.54, 1.807) is 6.20 Å². The average molecular weight is 323 g/mol. The smallest absolute Gasteiger partial charge is 0.272 e. The molecule has 1 aliphatic heterocycles. The van der Waals surface area contributed by atoms with Crippen molar-refractivity contribution in [3.05, 3.63) is 53.3 Å². The molecule has 0 bridgehead atoms. The number of anilines is 2. The standard InChI is InChI=1S/C20H25N3O/c1-3-16-9-7-8-15(2)19(16)22-17-10-11-18(21-14-17)20(24)23-12-5-4-6-13-23/h7-11,14,22H,3-6,12-13H2,1-2H3. The summed E-state index contributed by atoms with van der Waals surface area (Å²) in [7, 11) is 0. The first-order valence-electron chi connectivity index (χ1n) is 8.80. The molecule has 1 aromatic heterocycles. The summed E-state index contributed by atoms with van der Waals surface area (Å²) < 4.78 is 0. The molecule has 4 heteroatoms. The number of pyridine rings is 1. The highest BCUT2D eigenvalue weighted by Gasteiger charge is 2.19. The number of aryl methyl sites for hydroxylation is 2. The lowest BCUT2D eigenvalue weighted by Gasteiger charge is -2.26. The molecule has 126 valence electrons. The van der Waals surface area contributed by atoms with E-state index >= 15 is 0 Å². The number of likely N-dealkylation sites (tertiary alicyclic amines) is 1. The highest BCUT2D eigenvalue weighted by atomic mass is 16.2. The minimum Gasteiger partial charge on any atom is -0.354 e. The number of amides is 1. The molecule has 2 aromatic rings. The van der Waals surface area contributed by atoms with E-state index < -0.39 is 0 Å². The zero-order valence-corrected chi connectivity index (χ0v) is 14.5. The molecule has 0 radical (unpaired) electrons. The summed E-state index contributed by atoms with van der Waals surface area (Å²) in [6, 6.07) is 10.1. The number of carbonyl (C=O) groups is 1. The second-order valence-electron chi connectivity index (χ2n) is 6.37. The van der Waals surface area contributed by atoms with Gasteiger partial charge in [-0.2, -0.15) is 0 Å². The Kier molecular flexibility index (Phi) is 5.14. The predicted octanol–water partition coefficient (Wildman–Crippen LogP) is 4.32. The van der Waals surface area contributed by atoms with Gasteiger partial charge in [-0.3, -0.25) is 4.79 Å². The summed E-state index contributed by atoms with van der Waals surface area (Å²) in [5.41, 5.74) is 5.07. The van der Waals surface area contributed by atoms with E-state index in [4.69, 9.17) is 0 Å². The zero-order chi connectivity index (χ0) is 16.9. The Labute approximate surface area is 143 Å². The van der Waals surface area contributed by atoms with Crippen molar-refractivity contribution >= 4 is 17.3 Å². The summed E-state index contributed by atoms with van der Waals surface area (Å²) in [5.74, 6) is 0.0476. The number of para-hydroxylation sites is 1. The van der Waals surface area contributed by atoms with Crippen molar-refractivity contribution in [2.75, 3.05) is 18.4 Å². The van der Waals surface area contributed by atoms with E-state index in [1.807, 2.05) is 17.0 Å². The van der Waals surface area contributed by atoms with Gasteiger partial charge in [-0.15, -0.1) is 0 Å². The Balaban J connectivity index is 1.74. The molecule has 1 aliphatic rings. The second-order valence-corrected chi connectivity index (χ2v) is 6.37. The minimum absolute atomic E-state index is 0.0476. The van der Waals surface area contributed by atoms with Crippen molar-refractivity contribution in [2.24, 2.45) is 0 Å². The van der Waals surface area contributed by atoms with Gasteiger partial charge in [-0.1, -0.05) is 25.1 Å². The fraction of sp³-hybridized carbons (Fsp3) is 0.400. The van der Waals surface area contributed by atoms with E-state index in [9.17, 15) is 4.79 Å². The Morgan fingerprint density at radius 1 is 1.17 bits per heavy atom. The summed E-state index contributed by atoms with van der Waals surface area (Å²) in [6.45, 7) is 5.95. The van der Waals surface area contributed by atoms with Gasteiger partial charge in [0.15, 0.2) is 0 Å². The van der Waals surface area contributed by atoms with Gasteiger partial charge in [0, 0.05) is 18.8 Å². The van der Waals surface area contributed by atoms with Gasteiger partial charge in [0.2, 0.25) is 0 Å². The molecule has 1 amide bonds. The Morgan fingerprint density at radius 3 is 2.62 bits per heavy atom. The van der Waals surface area contributed by atoms with E-state index in [2.05, 4.69) is 42.3 Å². The molecule has 0 atom stereocenters. The number of aromatic nitrogens is 1. The Morgan fingerprint density at radius 2 is 1.96 bits per heavy atom. The molecule has 1 saturated heterocycles. The maximum Gasteiger partial charge on any atom is 0.272 e. The van der Waals surface area contributed by atoms with E-state index in [0.717, 1.165) is 43.7 Å². The lowest BCUT2D eigenvalue weighted by molar-refractivity contribution is 0.0718. The molecule has 1 N–H and O–H groups in total. The lowest BCUT2D eigenvalue weighted by atomic mass is 10.1. The molecule has 1 fully saturated rings. The van der Waals surface area contributed by atoms with Crippen LogP contribution in [0.15, 0.2) is 36.5 Å². The number of rotatable bonds is 4. The van der Waals surface area contributed by atoms with E-state index in [0.29, 0.717) is 5.69 Å². The zero-order valence-electron chi connectivity index (χ0n) is 14.5. The van der Waals surface area contributed by atoms with Gasteiger partial charge in [0.1, 0.15) is 5.69 Å². The third-order valence-electron chi connectivity index (χ3n) is 4.64. The largest absolute Gasteiger partial charge is 0.354 e. The number of nitrogens with one attached hydrogen (secondary N) is 1. The van der Waals surface area contributed by atoms with E-state index in [-0.39, 0.29) is 5.91 Å². The molecule has 2 heterocycles. The van der Waals surface area contributed by atoms with Crippen LogP contribution in [0.2, 0.25) is 0 Å². The first kappa shape index (κ1) is 16.5. The van der Waals surface area contributed by atoms with Crippen LogP contribution in [0.25, 0.3) is 0 Å². The first-order chi connectivity index (χ1) is 11.7. The van der Waals surface area contributed by atoms with Crippen LogP contribution >= 0.6 is 0 Å². The first-order valence-corrected chi connectivity index (χ1v) is 8.80. The van der Waals surface area contributed by atoms with Crippen molar-refractivity contribution in [3.8, 4) is 0 Å². The van der Waals surface area contributed by atoms with E-state index in [1.165, 1.54) is 17.5 Å². The van der Waals surface area contributed by atoms with Crippen LogP contribution in [-0.4, -0.2) is 28.9 Å². The molecule has 0 aliphatic carbocycles. The average Bonchev–Trinajstić information content (AvgIpc) is 2.64. The van der Waals surface area contributed by atoms with Gasteiger partial charge in [0.05, 0.1) is 11.9 Å². The highest BCUT2D eigenvalue weighted by molar-refractivity contribution is 5.92. The topological polar surface area (TPSA) is 45.2 Å². The van der Waals surface area contributed by atoms with Crippen molar-refractivity contribution in [1.82, 2.24) is 9.88 Å². The third-order valence-corrected chi connectivity index (χ3v) is 4.64. The second kappa shape index (κ2) is 7.47. The maximum atomic E-state index is 12.5. The number of nitrogens with zero attached hydrogens (tertiary/aromatic N) is 2. The summed E-state index contributed by atoms with van der Waals surface area (Å²) in [4.78, 5) is 18.8. The molecular formula is C20H25N3O. The number of hydrogen-bond acceptors (Lipinski definition) is 3. The summed E-state index contributed by atoms with van der Waals surface area (Å²) >= 11 is 0. The minimum atomic E-state index is 0.0476. The summed E-state index contributed by atoms with van der Waals surface area (Å²) in [6.07, 6.45) is 6.14. The van der Waals surface area contributed by atoms with Crippen LogP contribution in [0.4, 0.5) is 11.4 Å². The maximum absolute atomic E-state index is 12.5. The normalized spacial score (nSPS) is 14.5. The number of carbonyl (C=O) groups excluding carboxylic acids is 1. The van der Waals surface area contributed by atoms with Crippen molar-refractivity contribution in [1.29, 1.82) is 0 Å². The summed E-state index contributed by atoms with van der Waals surface area (Å²) in [5, 5.41) is 3.45. The van der Waals surface area contributed by atoms with Crippen LogP contribution in [0, 0.1) is 6.92 Å². The van der Waals surface area contributed by atoms with Crippen molar-refractivity contribution in [3.63, 3.8) is 0 Å². The number of benzene rings is 1. The van der Waals surface area contributed by atoms with Gasteiger partial charge >= 0.3 is 0 Å². The Bertz CT molecular complexity index is 703.